The average Bonchev–Trinajstić information content (AvgIpc) is 2.46. The van der Waals surface area contributed by atoms with Gasteiger partial charge >= 0.3 is 0 Å². The van der Waals surface area contributed by atoms with E-state index < -0.39 is 0 Å². The summed E-state index contributed by atoms with van der Waals surface area (Å²) in [5.41, 5.74) is 6.22. The van der Waals surface area contributed by atoms with Crippen molar-refractivity contribution in [1.82, 2.24) is 5.32 Å². The fourth-order valence-electron chi connectivity index (χ4n) is 2.42. The molecule has 16 heavy (non-hydrogen) atoms. The molecule has 0 saturated heterocycles. The van der Waals surface area contributed by atoms with E-state index in [4.69, 9.17) is 5.73 Å². The summed E-state index contributed by atoms with van der Waals surface area (Å²) in [7, 11) is 0. The van der Waals surface area contributed by atoms with E-state index in [-0.39, 0.29) is 28.8 Å². The van der Waals surface area contributed by atoms with Crippen LogP contribution in [-0.2, 0) is 4.79 Å². The van der Waals surface area contributed by atoms with E-state index in [1.54, 1.807) is 0 Å². The molecule has 0 bridgehead atoms. The van der Waals surface area contributed by atoms with Crippen molar-refractivity contribution in [2.75, 3.05) is 0 Å². The predicted octanol–water partition coefficient (Wildman–Crippen LogP) is 1.91. The Morgan fingerprint density at radius 1 is 1.25 bits per heavy atom. The molecule has 0 aromatic rings. The maximum atomic E-state index is 11.9. The normalized spacial score (nSPS) is 24.2. The second kappa shape index (κ2) is 4.02. The zero-order valence-electron chi connectivity index (χ0n) is 11.4. The Bertz CT molecular complexity index is 268. The lowest BCUT2D eigenvalue weighted by Crippen LogP contribution is -2.43. The van der Waals surface area contributed by atoms with Crippen LogP contribution in [0.3, 0.4) is 0 Å². The number of hydrogen-bond donors (Lipinski definition) is 2. The Morgan fingerprint density at radius 3 is 2.00 bits per heavy atom. The van der Waals surface area contributed by atoms with Gasteiger partial charge in [0.15, 0.2) is 0 Å². The molecule has 1 amide bonds. The van der Waals surface area contributed by atoms with Gasteiger partial charge in [-0.1, -0.05) is 41.5 Å². The van der Waals surface area contributed by atoms with Crippen LogP contribution in [0.15, 0.2) is 0 Å². The zero-order valence-corrected chi connectivity index (χ0v) is 11.4. The van der Waals surface area contributed by atoms with Crippen LogP contribution >= 0.6 is 0 Å². The fourth-order valence-corrected chi connectivity index (χ4v) is 2.42. The lowest BCUT2D eigenvalue weighted by molar-refractivity contribution is -0.123. The lowest BCUT2D eigenvalue weighted by Gasteiger charge is -2.15. The number of nitrogens with two attached hydrogens (primary N) is 1. The van der Waals surface area contributed by atoms with Crippen LogP contribution in [0.1, 0.15) is 48.0 Å². The van der Waals surface area contributed by atoms with Crippen molar-refractivity contribution in [3.63, 3.8) is 0 Å². The third kappa shape index (κ3) is 2.24. The van der Waals surface area contributed by atoms with Crippen molar-refractivity contribution in [2.24, 2.45) is 22.5 Å². The topological polar surface area (TPSA) is 55.1 Å². The van der Waals surface area contributed by atoms with Gasteiger partial charge in [-0.25, -0.2) is 0 Å². The molecular weight excluding hydrogens is 200 g/mol. The second-order valence-corrected chi connectivity index (χ2v) is 6.62. The maximum Gasteiger partial charge on any atom is 0.237 e. The minimum Gasteiger partial charge on any atom is -0.351 e. The van der Waals surface area contributed by atoms with E-state index >= 15 is 0 Å². The van der Waals surface area contributed by atoms with E-state index in [1.807, 2.05) is 0 Å². The molecule has 0 aromatic heterocycles. The van der Waals surface area contributed by atoms with Gasteiger partial charge in [0.2, 0.25) is 5.91 Å². The number of amides is 1. The Hall–Kier alpha value is -0.570. The minimum atomic E-state index is -0.368. The molecule has 3 heteroatoms. The Balaban J connectivity index is 2.49. The van der Waals surface area contributed by atoms with Gasteiger partial charge in [-0.05, 0) is 23.2 Å². The van der Waals surface area contributed by atoms with Gasteiger partial charge in [-0.3, -0.25) is 4.79 Å². The van der Waals surface area contributed by atoms with Gasteiger partial charge < -0.3 is 11.1 Å². The third-order valence-corrected chi connectivity index (χ3v) is 4.37. The third-order valence-electron chi connectivity index (χ3n) is 4.37. The van der Waals surface area contributed by atoms with Crippen LogP contribution in [0, 0.1) is 16.7 Å². The molecule has 1 aliphatic rings. The molecule has 3 nitrogen and oxygen atoms in total. The van der Waals surface area contributed by atoms with Crippen molar-refractivity contribution < 1.29 is 4.79 Å². The highest BCUT2D eigenvalue weighted by molar-refractivity contribution is 5.82. The molecule has 1 atom stereocenters. The molecule has 1 fully saturated rings. The highest BCUT2D eigenvalue weighted by Gasteiger charge is 2.65. The van der Waals surface area contributed by atoms with Crippen LogP contribution < -0.4 is 11.1 Å². The standard InChI is InChI=1S/C13H26N2O/c1-8(2)7-9(14)10(16)15-11-12(3,4)13(11,5)6/h8-9,11H,7,14H2,1-6H3,(H,15,16). The largest absolute Gasteiger partial charge is 0.351 e. The van der Waals surface area contributed by atoms with Crippen LogP contribution in [0.5, 0.6) is 0 Å². The first kappa shape index (κ1) is 13.5. The first-order valence-corrected chi connectivity index (χ1v) is 6.16. The maximum absolute atomic E-state index is 11.9. The molecular formula is C13H26N2O. The molecule has 3 N–H and O–H groups in total. The van der Waals surface area contributed by atoms with Gasteiger partial charge in [-0.15, -0.1) is 0 Å². The monoisotopic (exact) mass is 226 g/mol. The summed E-state index contributed by atoms with van der Waals surface area (Å²) in [6.45, 7) is 12.9. The van der Waals surface area contributed by atoms with E-state index in [2.05, 4.69) is 46.9 Å². The van der Waals surface area contributed by atoms with Gasteiger partial charge in [0.25, 0.3) is 0 Å². The Labute approximate surface area is 99.2 Å². The van der Waals surface area contributed by atoms with Gasteiger partial charge in [-0.2, -0.15) is 0 Å². The summed E-state index contributed by atoms with van der Waals surface area (Å²) < 4.78 is 0. The molecule has 1 aliphatic carbocycles. The Kier molecular flexibility index (Phi) is 3.39. The summed E-state index contributed by atoms with van der Waals surface area (Å²) in [6, 6.07) is -0.113. The van der Waals surface area contributed by atoms with Gasteiger partial charge in [0, 0.05) is 6.04 Å². The summed E-state index contributed by atoms with van der Waals surface area (Å²) in [4.78, 5) is 11.9. The molecule has 0 radical (unpaired) electrons. The Morgan fingerprint density at radius 2 is 1.69 bits per heavy atom. The van der Waals surface area contributed by atoms with E-state index in [9.17, 15) is 4.79 Å². The summed E-state index contributed by atoms with van der Waals surface area (Å²) >= 11 is 0. The summed E-state index contributed by atoms with van der Waals surface area (Å²) in [5, 5.41) is 3.08. The zero-order chi connectivity index (χ0) is 12.7. The van der Waals surface area contributed by atoms with Crippen LogP contribution in [0.2, 0.25) is 0 Å². The second-order valence-electron chi connectivity index (χ2n) is 6.62. The number of rotatable bonds is 4. The van der Waals surface area contributed by atoms with Crippen molar-refractivity contribution in [1.29, 1.82) is 0 Å². The van der Waals surface area contributed by atoms with Crippen molar-refractivity contribution in [2.45, 2.75) is 60.0 Å². The smallest absolute Gasteiger partial charge is 0.237 e. The van der Waals surface area contributed by atoms with Crippen LogP contribution in [0.25, 0.3) is 0 Å². The minimum absolute atomic E-state index is 0.00245. The van der Waals surface area contributed by atoms with Crippen molar-refractivity contribution in [3.8, 4) is 0 Å². The highest BCUT2D eigenvalue weighted by Crippen LogP contribution is 2.62. The van der Waals surface area contributed by atoms with Crippen LogP contribution in [-0.4, -0.2) is 18.0 Å². The SMILES string of the molecule is CC(C)CC(N)C(=O)NC1C(C)(C)C1(C)C. The van der Waals surface area contributed by atoms with Crippen molar-refractivity contribution >= 4 is 5.91 Å². The molecule has 94 valence electrons. The van der Waals surface area contributed by atoms with Crippen LogP contribution in [0.4, 0.5) is 0 Å². The van der Waals surface area contributed by atoms with E-state index in [0.717, 1.165) is 6.42 Å². The summed E-state index contributed by atoms with van der Waals surface area (Å²) in [5.74, 6) is 0.457. The van der Waals surface area contributed by atoms with Gasteiger partial charge in [0.1, 0.15) is 0 Å². The highest BCUT2D eigenvalue weighted by atomic mass is 16.2. The molecule has 1 rings (SSSR count). The molecule has 1 saturated carbocycles. The van der Waals surface area contributed by atoms with E-state index in [0.29, 0.717) is 5.92 Å². The molecule has 0 heterocycles. The first-order valence-electron chi connectivity index (χ1n) is 6.16. The van der Waals surface area contributed by atoms with E-state index in [1.165, 1.54) is 0 Å². The fraction of sp³-hybridized carbons (Fsp3) is 0.923. The molecule has 0 spiro atoms. The quantitative estimate of drug-likeness (QED) is 0.769. The predicted molar refractivity (Wildman–Crippen MR) is 66.9 cm³/mol. The number of nitrogens with one attached hydrogen (secondary N) is 1. The average molecular weight is 226 g/mol. The molecule has 0 aliphatic heterocycles. The number of carbonyl (C=O) groups excluding carboxylic acids is 1. The van der Waals surface area contributed by atoms with Gasteiger partial charge in [0.05, 0.1) is 6.04 Å². The number of hydrogen-bond acceptors (Lipinski definition) is 2. The first-order chi connectivity index (χ1) is 7.10. The summed E-state index contributed by atoms with van der Waals surface area (Å²) in [6.07, 6.45) is 0.749. The lowest BCUT2D eigenvalue weighted by atomic mass is 10.0. The molecule has 1 unspecified atom stereocenters. The number of carbonyl (C=O) groups is 1. The molecule has 0 aromatic carbocycles. The van der Waals surface area contributed by atoms with Crippen molar-refractivity contribution in [3.05, 3.63) is 0 Å².